The summed E-state index contributed by atoms with van der Waals surface area (Å²) in [5.41, 5.74) is 8.62. The molecule has 5 nitrogen and oxygen atoms in total. The minimum atomic E-state index is -0.550. The molecule has 1 aliphatic heterocycles. The number of rotatable bonds is 5. The Morgan fingerprint density at radius 3 is 1.96 bits per heavy atom. The monoisotopic (exact) mass is 637 g/mol. The molecular formula is C41H39N3O2S. The fraction of sp³-hybridized carbons (Fsp3) is 0.244. The fourth-order valence-corrected chi connectivity index (χ4v) is 7.68. The molecule has 0 radical (unpaired) electrons. The highest BCUT2D eigenvalue weighted by Crippen LogP contribution is 2.51. The Bertz CT molecular complexity index is 2190. The number of aromatic nitrogens is 2. The van der Waals surface area contributed by atoms with Gasteiger partial charge in [0.25, 0.3) is 5.56 Å². The van der Waals surface area contributed by atoms with Gasteiger partial charge in [-0.1, -0.05) is 98.3 Å². The van der Waals surface area contributed by atoms with Crippen LogP contribution in [-0.2, 0) is 11.3 Å². The molecule has 1 atom stereocenters. The molecular weight excluding hydrogens is 599 g/mol. The van der Waals surface area contributed by atoms with Crippen LogP contribution >= 0.6 is 12.2 Å². The van der Waals surface area contributed by atoms with Gasteiger partial charge in [0.1, 0.15) is 5.82 Å². The van der Waals surface area contributed by atoms with Crippen molar-refractivity contribution >= 4 is 23.8 Å². The van der Waals surface area contributed by atoms with Crippen molar-refractivity contribution in [1.82, 2.24) is 9.13 Å². The maximum atomic E-state index is 15.3. The van der Waals surface area contributed by atoms with E-state index in [0.717, 1.165) is 50.6 Å². The van der Waals surface area contributed by atoms with E-state index in [2.05, 4.69) is 91.8 Å². The van der Waals surface area contributed by atoms with E-state index in [0.29, 0.717) is 35.4 Å². The van der Waals surface area contributed by atoms with Gasteiger partial charge in [-0.15, -0.1) is 0 Å². The number of hydrogen-bond donors (Lipinski definition) is 0. The lowest BCUT2D eigenvalue weighted by atomic mass is 9.68. The molecule has 7 rings (SSSR count). The van der Waals surface area contributed by atoms with Crippen LogP contribution in [0.3, 0.4) is 0 Å². The second-order valence-electron chi connectivity index (χ2n) is 13.9. The quantitative estimate of drug-likeness (QED) is 0.180. The summed E-state index contributed by atoms with van der Waals surface area (Å²) in [4.78, 5) is 32.0. The largest absolute Gasteiger partial charge is 0.326 e. The lowest BCUT2D eigenvalue weighted by Gasteiger charge is -2.45. The molecule has 5 aromatic rings. The lowest BCUT2D eigenvalue weighted by molar-refractivity contribution is -0.118. The molecule has 0 amide bonds. The van der Waals surface area contributed by atoms with Crippen LogP contribution in [-0.4, -0.2) is 14.9 Å². The molecule has 236 valence electrons. The smallest absolute Gasteiger partial charge is 0.265 e. The number of anilines is 1. The van der Waals surface area contributed by atoms with Crippen molar-refractivity contribution in [3.8, 4) is 11.4 Å². The van der Waals surface area contributed by atoms with Gasteiger partial charge in [0, 0.05) is 30.2 Å². The summed E-state index contributed by atoms with van der Waals surface area (Å²) in [6.07, 6.45) is 1.12. The second kappa shape index (κ2) is 11.8. The predicted molar refractivity (Wildman–Crippen MR) is 192 cm³/mol. The first-order chi connectivity index (χ1) is 22.5. The van der Waals surface area contributed by atoms with E-state index in [-0.39, 0.29) is 16.8 Å². The molecule has 1 unspecified atom stereocenters. The van der Waals surface area contributed by atoms with Gasteiger partial charge in [-0.25, -0.2) is 0 Å². The highest BCUT2D eigenvalue weighted by Gasteiger charge is 2.46. The third-order valence-electron chi connectivity index (χ3n) is 9.44. The van der Waals surface area contributed by atoms with E-state index in [9.17, 15) is 4.79 Å². The predicted octanol–water partition coefficient (Wildman–Crippen LogP) is 9.08. The third kappa shape index (κ3) is 5.51. The summed E-state index contributed by atoms with van der Waals surface area (Å²) in [6.45, 7) is 10.9. The molecule has 0 spiro atoms. The van der Waals surface area contributed by atoms with Crippen molar-refractivity contribution in [1.29, 1.82) is 0 Å². The van der Waals surface area contributed by atoms with Crippen molar-refractivity contribution in [3.05, 3.63) is 163 Å². The molecule has 0 saturated carbocycles. The van der Waals surface area contributed by atoms with Crippen LogP contribution in [0.2, 0.25) is 0 Å². The Hall–Kier alpha value is -4.81. The number of allylic oxidation sites excluding steroid dienone is 2. The van der Waals surface area contributed by atoms with Crippen LogP contribution in [0.4, 0.5) is 5.82 Å². The molecule has 1 aliphatic carbocycles. The van der Waals surface area contributed by atoms with Crippen molar-refractivity contribution in [2.75, 3.05) is 4.90 Å². The van der Waals surface area contributed by atoms with Crippen molar-refractivity contribution in [2.45, 2.75) is 59.9 Å². The first-order valence-corrected chi connectivity index (χ1v) is 16.6. The van der Waals surface area contributed by atoms with Crippen LogP contribution < -0.4 is 10.5 Å². The molecule has 2 heterocycles. The number of nitrogens with zero attached hydrogens (tertiary/aromatic N) is 3. The molecule has 4 aromatic carbocycles. The average Bonchev–Trinajstić information content (AvgIpc) is 3.02. The van der Waals surface area contributed by atoms with Crippen LogP contribution in [0.15, 0.2) is 119 Å². The number of ketones is 1. The molecule has 6 heteroatoms. The Labute approximate surface area is 281 Å². The highest BCUT2D eigenvalue weighted by atomic mass is 32.1. The van der Waals surface area contributed by atoms with E-state index in [1.54, 1.807) is 4.57 Å². The number of carbonyl (C=O) groups is 1. The van der Waals surface area contributed by atoms with Crippen LogP contribution in [0.5, 0.6) is 0 Å². The van der Waals surface area contributed by atoms with E-state index in [1.165, 1.54) is 0 Å². The second-order valence-corrected chi connectivity index (χ2v) is 14.3. The Morgan fingerprint density at radius 2 is 1.34 bits per heavy atom. The zero-order chi connectivity index (χ0) is 33.0. The van der Waals surface area contributed by atoms with Gasteiger partial charge >= 0.3 is 0 Å². The van der Waals surface area contributed by atoms with Gasteiger partial charge in [-0.3, -0.25) is 18.7 Å². The summed E-state index contributed by atoms with van der Waals surface area (Å²) in [7, 11) is 0. The van der Waals surface area contributed by atoms with Gasteiger partial charge < -0.3 is 4.90 Å². The number of Topliss-reactive ketones (excluding diaryl/α,β-unsaturated/α-hetero) is 1. The van der Waals surface area contributed by atoms with Crippen LogP contribution in [0, 0.1) is 31.0 Å². The Balaban J connectivity index is 1.67. The minimum Gasteiger partial charge on any atom is -0.326 e. The maximum Gasteiger partial charge on any atom is 0.265 e. The summed E-state index contributed by atoms with van der Waals surface area (Å²) in [5.74, 6) is 0.274. The fourth-order valence-electron chi connectivity index (χ4n) is 7.30. The first kappa shape index (κ1) is 30.8. The number of hydrogen-bond acceptors (Lipinski definition) is 4. The highest BCUT2D eigenvalue weighted by molar-refractivity contribution is 7.71. The number of carbonyl (C=O) groups excluding carboxylic acids is 1. The first-order valence-electron chi connectivity index (χ1n) is 16.2. The van der Waals surface area contributed by atoms with Gasteiger partial charge in [-0.2, -0.15) is 0 Å². The summed E-state index contributed by atoms with van der Waals surface area (Å²) in [6, 6.07) is 34.7. The molecule has 0 fully saturated rings. The van der Waals surface area contributed by atoms with Gasteiger partial charge in [-0.05, 0) is 91.3 Å². The lowest BCUT2D eigenvalue weighted by Crippen LogP contribution is -2.44. The topological polar surface area (TPSA) is 47.2 Å². The number of fused-ring (bicyclic) bond motifs is 1. The zero-order valence-electron chi connectivity index (χ0n) is 27.6. The maximum absolute atomic E-state index is 15.3. The minimum absolute atomic E-state index is 0.0941. The van der Waals surface area contributed by atoms with E-state index in [4.69, 9.17) is 12.2 Å². The Kier molecular flexibility index (Phi) is 7.72. The van der Waals surface area contributed by atoms with Gasteiger partial charge in [0.2, 0.25) is 0 Å². The van der Waals surface area contributed by atoms with E-state index >= 15 is 4.79 Å². The van der Waals surface area contributed by atoms with Crippen LogP contribution in [0.25, 0.3) is 11.4 Å². The van der Waals surface area contributed by atoms with Gasteiger partial charge in [0.15, 0.2) is 10.6 Å². The molecule has 1 aromatic heterocycles. The Morgan fingerprint density at radius 1 is 0.723 bits per heavy atom. The van der Waals surface area contributed by atoms with Crippen molar-refractivity contribution in [2.24, 2.45) is 5.41 Å². The molecule has 0 saturated heterocycles. The average molecular weight is 638 g/mol. The van der Waals surface area contributed by atoms with Crippen LogP contribution in [0.1, 0.15) is 66.0 Å². The number of aryl methyl sites for hydroxylation is 3. The molecule has 2 aliphatic rings. The van der Waals surface area contributed by atoms with Crippen molar-refractivity contribution in [3.63, 3.8) is 0 Å². The summed E-state index contributed by atoms with van der Waals surface area (Å²) in [5, 5.41) is 0. The molecule has 0 bridgehead atoms. The number of benzene rings is 4. The SMILES string of the molecule is Cc1ccc(C2C3=C(CC(C)(C)CC3=O)N(Cc3ccccc3)c3c2c(=O)n(-c2cccc(C)c2)c(=S)n3-c2cccc(C)c2)cc1. The van der Waals surface area contributed by atoms with Crippen molar-refractivity contribution < 1.29 is 4.79 Å². The normalized spacial score (nSPS) is 17.0. The van der Waals surface area contributed by atoms with E-state index < -0.39 is 5.92 Å². The zero-order valence-corrected chi connectivity index (χ0v) is 28.4. The summed E-state index contributed by atoms with van der Waals surface area (Å²) < 4.78 is 4.12. The third-order valence-corrected chi connectivity index (χ3v) is 9.80. The molecule has 47 heavy (non-hydrogen) atoms. The van der Waals surface area contributed by atoms with E-state index in [1.807, 2.05) is 55.5 Å². The molecule has 0 N–H and O–H groups in total. The standard InChI is InChI=1S/C41H39N3O2S/c1-26-17-19-30(20-18-26)35-36-33(23-41(4,5)24-34(36)45)42(25-29-13-7-6-8-14-29)38-37(35)39(46)44(32-16-10-12-28(3)22-32)40(47)43(38)31-15-9-11-27(2)21-31/h6-22,35H,23-25H2,1-5H3. The summed E-state index contributed by atoms with van der Waals surface area (Å²) >= 11 is 6.34. The van der Waals surface area contributed by atoms with Gasteiger partial charge in [0.05, 0.1) is 16.9 Å².